The van der Waals surface area contributed by atoms with Gasteiger partial charge in [0.15, 0.2) is 0 Å². The molecule has 0 saturated carbocycles. The first-order valence-corrected chi connectivity index (χ1v) is 8.99. The van der Waals surface area contributed by atoms with Gasteiger partial charge in [-0.05, 0) is 38.0 Å². The van der Waals surface area contributed by atoms with E-state index in [1.165, 1.54) is 17.3 Å². The molecule has 2 atom stereocenters. The number of sulfonamides is 1. The Hall–Kier alpha value is -1.92. The molecule has 0 radical (unpaired) electrons. The highest BCUT2D eigenvalue weighted by molar-refractivity contribution is 7.89. The molecule has 1 heterocycles. The Morgan fingerprint density at radius 1 is 1.48 bits per heavy atom. The summed E-state index contributed by atoms with van der Waals surface area (Å²) in [5, 5.41) is 2.62. The normalized spacial score (nSPS) is 21.8. The molecule has 23 heavy (non-hydrogen) atoms. The maximum atomic E-state index is 13.1. The van der Waals surface area contributed by atoms with Crippen molar-refractivity contribution < 1.29 is 13.2 Å². The van der Waals surface area contributed by atoms with Crippen LogP contribution in [0.2, 0.25) is 0 Å². The summed E-state index contributed by atoms with van der Waals surface area (Å²) in [6.07, 6.45) is 6.92. The van der Waals surface area contributed by atoms with E-state index in [0.717, 1.165) is 0 Å². The van der Waals surface area contributed by atoms with Gasteiger partial charge < -0.3 is 5.32 Å². The van der Waals surface area contributed by atoms with Crippen molar-refractivity contribution in [3.8, 4) is 0 Å². The van der Waals surface area contributed by atoms with Gasteiger partial charge in [-0.25, -0.2) is 8.42 Å². The summed E-state index contributed by atoms with van der Waals surface area (Å²) in [6, 6.07) is 5.99. The lowest BCUT2D eigenvalue weighted by molar-refractivity contribution is -0.114. The summed E-state index contributed by atoms with van der Waals surface area (Å²) in [5.41, 5.74) is 0.471. The van der Waals surface area contributed by atoms with Crippen molar-refractivity contribution in [2.24, 2.45) is 0 Å². The van der Waals surface area contributed by atoms with E-state index < -0.39 is 10.0 Å². The van der Waals surface area contributed by atoms with Gasteiger partial charge in [0, 0.05) is 24.7 Å². The van der Waals surface area contributed by atoms with Crippen LogP contribution < -0.4 is 5.32 Å². The highest BCUT2D eigenvalue weighted by Gasteiger charge is 2.35. The summed E-state index contributed by atoms with van der Waals surface area (Å²) in [5.74, 6) is -0.238. The summed E-state index contributed by atoms with van der Waals surface area (Å²) >= 11 is 0. The van der Waals surface area contributed by atoms with Crippen molar-refractivity contribution >= 4 is 21.6 Å². The molecule has 1 aromatic carbocycles. The van der Waals surface area contributed by atoms with Crippen molar-refractivity contribution in [1.29, 1.82) is 0 Å². The minimum Gasteiger partial charge on any atom is -0.326 e. The second kappa shape index (κ2) is 7.10. The molecule has 0 aromatic heterocycles. The highest BCUT2D eigenvalue weighted by atomic mass is 32.2. The van der Waals surface area contributed by atoms with Crippen LogP contribution in [-0.4, -0.2) is 30.7 Å². The third kappa shape index (κ3) is 3.89. The second-order valence-corrected chi connectivity index (χ2v) is 7.47. The largest absolute Gasteiger partial charge is 0.326 e. The van der Waals surface area contributed by atoms with Crippen LogP contribution in [0.1, 0.15) is 26.7 Å². The summed E-state index contributed by atoms with van der Waals surface area (Å²) in [6.45, 7) is 6.97. The van der Waals surface area contributed by atoms with E-state index in [1.54, 1.807) is 24.3 Å². The molecule has 124 valence electrons. The summed E-state index contributed by atoms with van der Waals surface area (Å²) in [4.78, 5) is 11.4. The standard InChI is InChI=1S/C17H22N2O3S/c1-4-7-16-10-5-8-13(2)19(16)23(21,22)17-11-6-9-15(12-17)18-14(3)20/h4-6,8-9,11-13,16H,1,7,10H2,2-3H3,(H,18,20)/t13-,16-/m1/s1. The maximum absolute atomic E-state index is 13.1. The Labute approximate surface area is 137 Å². The molecule has 6 heteroatoms. The highest BCUT2D eigenvalue weighted by Crippen LogP contribution is 2.29. The summed E-state index contributed by atoms with van der Waals surface area (Å²) in [7, 11) is -3.66. The smallest absolute Gasteiger partial charge is 0.243 e. The van der Waals surface area contributed by atoms with Gasteiger partial charge in [0.1, 0.15) is 0 Å². The lowest BCUT2D eigenvalue weighted by Crippen LogP contribution is -2.46. The van der Waals surface area contributed by atoms with E-state index in [2.05, 4.69) is 11.9 Å². The zero-order chi connectivity index (χ0) is 17.0. The van der Waals surface area contributed by atoms with E-state index in [-0.39, 0.29) is 22.9 Å². The van der Waals surface area contributed by atoms with E-state index in [1.807, 2.05) is 19.1 Å². The van der Waals surface area contributed by atoms with Crippen LogP contribution in [-0.2, 0) is 14.8 Å². The van der Waals surface area contributed by atoms with Gasteiger partial charge in [0.05, 0.1) is 4.90 Å². The van der Waals surface area contributed by atoms with Crippen molar-refractivity contribution in [2.75, 3.05) is 5.32 Å². The van der Waals surface area contributed by atoms with Crippen LogP contribution in [0.25, 0.3) is 0 Å². The van der Waals surface area contributed by atoms with Gasteiger partial charge in [-0.2, -0.15) is 4.31 Å². The van der Waals surface area contributed by atoms with Gasteiger partial charge in [0.2, 0.25) is 15.9 Å². The van der Waals surface area contributed by atoms with Crippen LogP contribution in [0.3, 0.4) is 0 Å². The van der Waals surface area contributed by atoms with E-state index in [0.29, 0.717) is 18.5 Å². The molecular formula is C17H22N2O3S. The maximum Gasteiger partial charge on any atom is 0.243 e. The van der Waals surface area contributed by atoms with Gasteiger partial charge in [-0.15, -0.1) is 6.58 Å². The van der Waals surface area contributed by atoms with Crippen LogP contribution in [0, 0.1) is 0 Å². The van der Waals surface area contributed by atoms with Gasteiger partial charge >= 0.3 is 0 Å². The third-order valence-corrected chi connectivity index (χ3v) is 5.79. The monoisotopic (exact) mass is 334 g/mol. The Kier molecular flexibility index (Phi) is 5.38. The van der Waals surface area contributed by atoms with Crippen molar-refractivity contribution in [2.45, 2.75) is 43.7 Å². The molecule has 0 unspecified atom stereocenters. The molecule has 1 amide bonds. The minimum absolute atomic E-state index is 0.137. The van der Waals surface area contributed by atoms with Crippen molar-refractivity contribution in [1.82, 2.24) is 4.31 Å². The van der Waals surface area contributed by atoms with Gasteiger partial charge in [-0.3, -0.25) is 4.79 Å². The first-order valence-electron chi connectivity index (χ1n) is 7.55. The molecule has 0 aliphatic carbocycles. The lowest BCUT2D eigenvalue weighted by Gasteiger charge is -2.36. The molecule has 5 nitrogen and oxygen atoms in total. The predicted molar refractivity (Wildman–Crippen MR) is 91.6 cm³/mol. The van der Waals surface area contributed by atoms with E-state index in [4.69, 9.17) is 0 Å². The number of hydrogen-bond acceptors (Lipinski definition) is 3. The Bertz CT molecular complexity index is 725. The topological polar surface area (TPSA) is 66.5 Å². The number of nitrogens with zero attached hydrogens (tertiary/aromatic N) is 1. The van der Waals surface area contributed by atoms with Crippen LogP contribution in [0.4, 0.5) is 5.69 Å². The Morgan fingerprint density at radius 3 is 2.87 bits per heavy atom. The third-order valence-electron chi connectivity index (χ3n) is 3.75. The Morgan fingerprint density at radius 2 is 2.22 bits per heavy atom. The number of anilines is 1. The van der Waals surface area contributed by atoms with Gasteiger partial charge in [-0.1, -0.05) is 24.3 Å². The number of amides is 1. The van der Waals surface area contributed by atoms with Crippen LogP contribution >= 0.6 is 0 Å². The lowest BCUT2D eigenvalue weighted by atomic mass is 10.0. The fourth-order valence-electron chi connectivity index (χ4n) is 2.82. The summed E-state index contributed by atoms with van der Waals surface area (Å²) < 4.78 is 27.7. The number of rotatable bonds is 5. The number of carbonyl (C=O) groups is 1. The van der Waals surface area contributed by atoms with E-state index >= 15 is 0 Å². The zero-order valence-electron chi connectivity index (χ0n) is 13.4. The molecule has 1 N–H and O–H groups in total. The second-order valence-electron chi connectivity index (χ2n) is 5.63. The van der Waals surface area contributed by atoms with Crippen molar-refractivity contribution in [3.63, 3.8) is 0 Å². The molecule has 0 saturated heterocycles. The minimum atomic E-state index is -3.66. The molecule has 0 fully saturated rings. The molecule has 1 aliphatic rings. The van der Waals surface area contributed by atoms with Crippen LogP contribution in [0.5, 0.6) is 0 Å². The number of nitrogens with one attached hydrogen (secondary N) is 1. The quantitative estimate of drug-likeness (QED) is 0.842. The molecule has 0 spiro atoms. The molecule has 1 aliphatic heterocycles. The SMILES string of the molecule is C=CC[C@@H]1CC=C[C@@H](C)N1S(=O)(=O)c1cccc(NC(C)=O)c1. The predicted octanol–water partition coefficient (Wildman–Crippen LogP) is 2.93. The molecule has 2 rings (SSSR count). The first-order chi connectivity index (χ1) is 10.9. The van der Waals surface area contributed by atoms with Gasteiger partial charge in [0.25, 0.3) is 0 Å². The number of benzene rings is 1. The Balaban J connectivity index is 2.41. The zero-order valence-corrected chi connectivity index (χ0v) is 14.2. The average Bonchev–Trinajstić information content (AvgIpc) is 2.47. The molecular weight excluding hydrogens is 312 g/mol. The van der Waals surface area contributed by atoms with E-state index in [9.17, 15) is 13.2 Å². The average molecular weight is 334 g/mol. The van der Waals surface area contributed by atoms with Crippen LogP contribution in [0.15, 0.2) is 54.0 Å². The fourth-order valence-corrected chi connectivity index (χ4v) is 4.66. The number of hydrogen-bond donors (Lipinski definition) is 1. The molecule has 0 bridgehead atoms. The number of carbonyl (C=O) groups excluding carboxylic acids is 1. The van der Waals surface area contributed by atoms with Crippen molar-refractivity contribution in [3.05, 3.63) is 49.1 Å². The fraction of sp³-hybridized carbons (Fsp3) is 0.353. The molecule has 1 aromatic rings. The first kappa shape index (κ1) is 17.4.